The van der Waals surface area contributed by atoms with Crippen molar-refractivity contribution in [2.75, 3.05) is 38.5 Å². The summed E-state index contributed by atoms with van der Waals surface area (Å²) >= 11 is 1.71. The van der Waals surface area contributed by atoms with Crippen LogP contribution in [0.2, 0.25) is 0 Å². The molecule has 124 valence electrons. The number of nitrogens with zero attached hydrogens (tertiary/aromatic N) is 3. The van der Waals surface area contributed by atoms with Crippen LogP contribution in [-0.2, 0) is 6.54 Å². The monoisotopic (exact) mass is 322 g/mol. The summed E-state index contributed by atoms with van der Waals surface area (Å²) in [5.41, 5.74) is 1.22. The fourth-order valence-corrected chi connectivity index (χ4v) is 4.16. The van der Waals surface area contributed by atoms with Gasteiger partial charge in [0, 0.05) is 38.1 Å². The average molecular weight is 323 g/mol. The second-order valence-electron chi connectivity index (χ2n) is 7.23. The normalized spacial score (nSPS) is 24.6. The Labute approximate surface area is 138 Å². The standard InChI is InChI=1S/C17H30N4S/c1-13(2)16-11-20(10-15-12-22-17(18-3)19-15)7-4-8-21(16)9-14-5-6-14/h12-14,16H,4-11H2,1-3H3,(H,18,19). The molecule has 0 amide bonds. The molecule has 0 aromatic carbocycles. The van der Waals surface area contributed by atoms with Crippen molar-refractivity contribution in [3.8, 4) is 0 Å². The largest absolute Gasteiger partial charge is 0.365 e. The van der Waals surface area contributed by atoms with Crippen molar-refractivity contribution >= 4 is 16.5 Å². The highest BCUT2D eigenvalue weighted by Gasteiger charge is 2.32. The maximum Gasteiger partial charge on any atom is 0.182 e. The Morgan fingerprint density at radius 1 is 1.36 bits per heavy atom. The molecule has 1 aliphatic carbocycles. The summed E-state index contributed by atoms with van der Waals surface area (Å²) in [6.07, 6.45) is 4.20. The molecule has 1 aromatic heterocycles. The van der Waals surface area contributed by atoms with E-state index in [4.69, 9.17) is 0 Å². The SMILES string of the molecule is CNc1nc(CN2CCCN(CC3CC3)C(C(C)C)C2)cs1. The van der Waals surface area contributed by atoms with Crippen molar-refractivity contribution in [3.63, 3.8) is 0 Å². The minimum Gasteiger partial charge on any atom is -0.365 e. The molecular formula is C17H30N4S. The van der Waals surface area contributed by atoms with Crippen LogP contribution in [0.25, 0.3) is 0 Å². The van der Waals surface area contributed by atoms with Crippen molar-refractivity contribution in [1.29, 1.82) is 0 Å². The van der Waals surface area contributed by atoms with Crippen LogP contribution in [0.1, 0.15) is 38.8 Å². The Morgan fingerprint density at radius 3 is 2.82 bits per heavy atom. The van der Waals surface area contributed by atoms with Crippen molar-refractivity contribution in [2.45, 2.75) is 45.7 Å². The van der Waals surface area contributed by atoms with Gasteiger partial charge in [0.15, 0.2) is 5.13 Å². The summed E-state index contributed by atoms with van der Waals surface area (Å²) in [7, 11) is 1.94. The predicted octanol–water partition coefficient (Wildman–Crippen LogP) is 3.13. The van der Waals surface area contributed by atoms with Crippen LogP contribution < -0.4 is 5.32 Å². The van der Waals surface area contributed by atoms with Gasteiger partial charge in [0.25, 0.3) is 0 Å². The quantitative estimate of drug-likeness (QED) is 0.872. The van der Waals surface area contributed by atoms with E-state index in [1.807, 2.05) is 7.05 Å². The molecule has 2 fully saturated rings. The Balaban J connectivity index is 1.62. The first-order chi connectivity index (χ1) is 10.7. The minimum absolute atomic E-state index is 0.700. The summed E-state index contributed by atoms with van der Waals surface area (Å²) in [6.45, 7) is 10.8. The molecule has 1 atom stereocenters. The van der Waals surface area contributed by atoms with Crippen LogP contribution >= 0.6 is 11.3 Å². The van der Waals surface area contributed by atoms with Crippen molar-refractivity contribution in [3.05, 3.63) is 11.1 Å². The second-order valence-corrected chi connectivity index (χ2v) is 8.09. The highest BCUT2D eigenvalue weighted by molar-refractivity contribution is 7.13. The molecule has 1 N–H and O–H groups in total. The number of hydrogen-bond acceptors (Lipinski definition) is 5. The van der Waals surface area contributed by atoms with E-state index in [1.165, 1.54) is 51.1 Å². The number of hydrogen-bond donors (Lipinski definition) is 1. The van der Waals surface area contributed by atoms with Gasteiger partial charge < -0.3 is 5.32 Å². The van der Waals surface area contributed by atoms with Crippen LogP contribution in [0.15, 0.2) is 5.38 Å². The molecule has 0 spiro atoms. The Hall–Kier alpha value is -0.650. The lowest BCUT2D eigenvalue weighted by molar-refractivity contribution is 0.131. The lowest BCUT2D eigenvalue weighted by Gasteiger charge is -2.34. The maximum atomic E-state index is 4.65. The van der Waals surface area contributed by atoms with E-state index in [-0.39, 0.29) is 0 Å². The first kappa shape index (κ1) is 16.2. The van der Waals surface area contributed by atoms with E-state index < -0.39 is 0 Å². The van der Waals surface area contributed by atoms with E-state index >= 15 is 0 Å². The van der Waals surface area contributed by atoms with Gasteiger partial charge >= 0.3 is 0 Å². The van der Waals surface area contributed by atoms with Crippen molar-refractivity contribution < 1.29 is 0 Å². The molecule has 2 heterocycles. The van der Waals surface area contributed by atoms with Crippen molar-refractivity contribution in [2.24, 2.45) is 11.8 Å². The van der Waals surface area contributed by atoms with Gasteiger partial charge in [-0.15, -0.1) is 11.3 Å². The summed E-state index contributed by atoms with van der Waals surface area (Å²) < 4.78 is 0. The zero-order valence-corrected chi connectivity index (χ0v) is 15.0. The van der Waals surface area contributed by atoms with E-state index in [1.54, 1.807) is 11.3 Å². The van der Waals surface area contributed by atoms with E-state index in [9.17, 15) is 0 Å². The molecule has 1 saturated heterocycles. The zero-order valence-electron chi connectivity index (χ0n) is 14.2. The third-order valence-corrected chi connectivity index (χ3v) is 5.85. The van der Waals surface area contributed by atoms with Gasteiger partial charge in [0.2, 0.25) is 0 Å². The molecule has 5 heteroatoms. The molecule has 4 nitrogen and oxygen atoms in total. The minimum atomic E-state index is 0.700. The second kappa shape index (κ2) is 7.28. The number of thiazole rings is 1. The van der Waals surface area contributed by atoms with E-state index in [0.717, 1.165) is 23.5 Å². The average Bonchev–Trinajstić information content (AvgIpc) is 3.23. The lowest BCUT2D eigenvalue weighted by Crippen LogP contribution is -2.45. The van der Waals surface area contributed by atoms with Gasteiger partial charge in [-0.3, -0.25) is 9.80 Å². The number of nitrogens with one attached hydrogen (secondary N) is 1. The Kier molecular flexibility index (Phi) is 5.37. The molecule has 0 bridgehead atoms. The smallest absolute Gasteiger partial charge is 0.182 e. The maximum absolute atomic E-state index is 4.65. The van der Waals surface area contributed by atoms with E-state index in [0.29, 0.717) is 6.04 Å². The van der Waals surface area contributed by atoms with Crippen LogP contribution in [0, 0.1) is 11.8 Å². The molecule has 22 heavy (non-hydrogen) atoms. The topological polar surface area (TPSA) is 31.4 Å². The Bertz CT molecular complexity index is 469. The van der Waals surface area contributed by atoms with Crippen LogP contribution in [-0.4, -0.2) is 54.1 Å². The number of aromatic nitrogens is 1. The molecule has 1 aliphatic heterocycles. The third-order valence-electron chi connectivity index (χ3n) is 4.94. The van der Waals surface area contributed by atoms with Gasteiger partial charge in [0.1, 0.15) is 0 Å². The van der Waals surface area contributed by atoms with Gasteiger partial charge in [-0.05, 0) is 44.2 Å². The first-order valence-corrected chi connectivity index (χ1v) is 9.62. The van der Waals surface area contributed by atoms with Crippen molar-refractivity contribution in [1.82, 2.24) is 14.8 Å². The molecule has 1 saturated carbocycles. The molecule has 2 aliphatic rings. The summed E-state index contributed by atoms with van der Waals surface area (Å²) in [5, 5.41) is 6.37. The predicted molar refractivity (Wildman–Crippen MR) is 94.5 cm³/mol. The molecular weight excluding hydrogens is 292 g/mol. The number of rotatable bonds is 6. The fourth-order valence-electron chi connectivity index (χ4n) is 3.49. The van der Waals surface area contributed by atoms with Crippen LogP contribution in [0.3, 0.4) is 0 Å². The first-order valence-electron chi connectivity index (χ1n) is 8.74. The van der Waals surface area contributed by atoms with Crippen LogP contribution in [0.5, 0.6) is 0 Å². The summed E-state index contributed by atoms with van der Waals surface area (Å²) in [6, 6.07) is 0.700. The summed E-state index contributed by atoms with van der Waals surface area (Å²) in [5.74, 6) is 1.71. The van der Waals surface area contributed by atoms with Gasteiger partial charge in [-0.2, -0.15) is 0 Å². The Morgan fingerprint density at radius 2 is 2.18 bits per heavy atom. The number of anilines is 1. The van der Waals surface area contributed by atoms with Gasteiger partial charge in [0.05, 0.1) is 5.69 Å². The van der Waals surface area contributed by atoms with Gasteiger partial charge in [-0.25, -0.2) is 4.98 Å². The van der Waals surface area contributed by atoms with Crippen LogP contribution in [0.4, 0.5) is 5.13 Å². The fraction of sp³-hybridized carbons (Fsp3) is 0.824. The van der Waals surface area contributed by atoms with Gasteiger partial charge in [-0.1, -0.05) is 13.8 Å². The van der Waals surface area contributed by atoms with E-state index in [2.05, 4.69) is 39.3 Å². The highest BCUT2D eigenvalue weighted by atomic mass is 32.1. The molecule has 1 unspecified atom stereocenters. The lowest BCUT2D eigenvalue weighted by atomic mass is 10.0. The third kappa shape index (κ3) is 4.21. The molecule has 0 radical (unpaired) electrons. The zero-order chi connectivity index (χ0) is 15.5. The molecule has 1 aromatic rings. The highest BCUT2D eigenvalue weighted by Crippen LogP contribution is 2.32. The molecule has 3 rings (SSSR count). The summed E-state index contributed by atoms with van der Waals surface area (Å²) in [4.78, 5) is 10.1.